The second-order valence-electron chi connectivity index (χ2n) is 1.48. The Morgan fingerprint density at radius 1 is 1.17 bits per heavy atom. The maximum atomic E-state index is 4.99. The van der Waals surface area contributed by atoms with Gasteiger partial charge in [-0.25, -0.2) is 0 Å². The summed E-state index contributed by atoms with van der Waals surface area (Å²) in [6.45, 7) is 4.00. The zero-order valence-electron chi connectivity index (χ0n) is 8.03. The lowest BCUT2D eigenvalue weighted by atomic mass is 10.5. The van der Waals surface area contributed by atoms with Crippen LogP contribution in [-0.2, 0) is 0 Å². The fraction of sp³-hybridized carbons (Fsp3) is 0.444. The number of hydrogen-bond acceptors (Lipinski definition) is 3. The first kappa shape index (κ1) is 14.0. The molecule has 0 aliphatic carbocycles. The quantitative estimate of drug-likeness (QED) is 0.684. The normalized spacial score (nSPS) is 7.00. The van der Waals surface area contributed by atoms with Crippen molar-refractivity contribution in [3.05, 3.63) is 30.6 Å². The summed E-state index contributed by atoms with van der Waals surface area (Å²) < 4.78 is 0. The van der Waals surface area contributed by atoms with E-state index >= 15 is 0 Å². The molecule has 1 aromatic rings. The average molecular weight is 186 g/mol. The summed E-state index contributed by atoms with van der Waals surface area (Å²) in [6.07, 6.45) is 5.47. The van der Waals surface area contributed by atoms with Crippen LogP contribution in [0.1, 0.15) is 13.8 Å². The number of hydrogen-bond donors (Lipinski definition) is 1. The fourth-order valence-corrected chi connectivity index (χ4v) is 0.313. The highest BCUT2D eigenvalue weighted by atomic mass is 32.2. The minimum atomic E-state index is 0.736. The summed E-state index contributed by atoms with van der Waals surface area (Å²) in [4.78, 5) is 3.78. The topological polar surface area (TPSA) is 38.9 Å². The standard InChI is InChI=1S/C5H5N.C2H7NS.C2H6/c1-2-4-6-5-3-1;1-4-2-3;1-2/h1-5H;2-3H2,1H3;1-2H3. The van der Waals surface area contributed by atoms with Crippen molar-refractivity contribution >= 4 is 11.8 Å². The molecular formula is C9H18N2S. The summed E-state index contributed by atoms with van der Waals surface area (Å²) in [5, 5.41) is 0. The Hall–Kier alpha value is -0.540. The highest BCUT2D eigenvalue weighted by Crippen LogP contribution is 1.77. The summed E-state index contributed by atoms with van der Waals surface area (Å²) in [5.41, 5.74) is 4.99. The van der Waals surface area contributed by atoms with Crippen LogP contribution in [-0.4, -0.2) is 17.1 Å². The van der Waals surface area contributed by atoms with Crippen molar-refractivity contribution in [3.8, 4) is 0 Å². The zero-order chi connectivity index (χ0) is 9.66. The Morgan fingerprint density at radius 3 is 1.67 bits per heavy atom. The van der Waals surface area contributed by atoms with Gasteiger partial charge in [0.25, 0.3) is 0 Å². The van der Waals surface area contributed by atoms with Crippen LogP contribution in [0.3, 0.4) is 0 Å². The molecule has 70 valence electrons. The Bertz CT molecular complexity index is 104. The van der Waals surface area contributed by atoms with Crippen molar-refractivity contribution in [2.75, 3.05) is 12.1 Å². The second-order valence-corrected chi connectivity index (χ2v) is 2.39. The van der Waals surface area contributed by atoms with E-state index in [-0.39, 0.29) is 0 Å². The molecule has 2 nitrogen and oxygen atoms in total. The van der Waals surface area contributed by atoms with Crippen LogP contribution in [0.15, 0.2) is 30.6 Å². The van der Waals surface area contributed by atoms with Gasteiger partial charge in [0, 0.05) is 18.3 Å². The van der Waals surface area contributed by atoms with Gasteiger partial charge >= 0.3 is 0 Å². The summed E-state index contributed by atoms with van der Waals surface area (Å²) >= 11 is 1.63. The van der Waals surface area contributed by atoms with E-state index in [1.807, 2.05) is 38.3 Å². The second kappa shape index (κ2) is 16.8. The van der Waals surface area contributed by atoms with Crippen molar-refractivity contribution in [2.24, 2.45) is 5.73 Å². The highest BCUT2D eigenvalue weighted by Gasteiger charge is 1.58. The van der Waals surface area contributed by atoms with E-state index in [1.165, 1.54) is 0 Å². The van der Waals surface area contributed by atoms with Crippen molar-refractivity contribution < 1.29 is 0 Å². The molecule has 0 fully saturated rings. The molecule has 0 aliphatic heterocycles. The molecule has 2 N–H and O–H groups in total. The van der Waals surface area contributed by atoms with Crippen molar-refractivity contribution in [1.82, 2.24) is 4.98 Å². The SMILES string of the molecule is CC.CSCN.c1ccncc1. The first-order valence-corrected chi connectivity index (χ1v) is 5.35. The molecule has 3 heteroatoms. The first-order valence-electron chi connectivity index (χ1n) is 3.95. The highest BCUT2D eigenvalue weighted by molar-refractivity contribution is 7.98. The molecule has 0 bridgehead atoms. The van der Waals surface area contributed by atoms with E-state index < -0.39 is 0 Å². The molecule has 1 rings (SSSR count). The third-order valence-corrected chi connectivity index (χ3v) is 1.07. The molecule has 12 heavy (non-hydrogen) atoms. The van der Waals surface area contributed by atoms with Gasteiger partial charge in [0.05, 0.1) is 0 Å². The third-order valence-electron chi connectivity index (χ3n) is 0.733. The number of pyridine rings is 1. The van der Waals surface area contributed by atoms with E-state index in [4.69, 9.17) is 5.73 Å². The lowest BCUT2D eigenvalue weighted by Crippen LogP contribution is -1.88. The van der Waals surface area contributed by atoms with Gasteiger partial charge in [-0.2, -0.15) is 11.8 Å². The third kappa shape index (κ3) is 16.2. The lowest BCUT2D eigenvalue weighted by Gasteiger charge is -1.71. The van der Waals surface area contributed by atoms with Gasteiger partial charge < -0.3 is 5.73 Å². The van der Waals surface area contributed by atoms with Gasteiger partial charge in [-0.3, -0.25) is 4.98 Å². The van der Waals surface area contributed by atoms with E-state index in [9.17, 15) is 0 Å². The zero-order valence-corrected chi connectivity index (χ0v) is 8.84. The van der Waals surface area contributed by atoms with Crippen molar-refractivity contribution in [1.29, 1.82) is 0 Å². The van der Waals surface area contributed by atoms with Crippen molar-refractivity contribution in [3.63, 3.8) is 0 Å². The molecule has 0 saturated carbocycles. The molecule has 1 aromatic heterocycles. The predicted molar refractivity (Wildman–Crippen MR) is 58.2 cm³/mol. The van der Waals surface area contributed by atoms with E-state index in [1.54, 1.807) is 24.2 Å². The molecule has 0 atom stereocenters. The lowest BCUT2D eigenvalue weighted by molar-refractivity contribution is 1.33. The van der Waals surface area contributed by atoms with Crippen molar-refractivity contribution in [2.45, 2.75) is 13.8 Å². The number of nitrogens with zero attached hydrogens (tertiary/aromatic N) is 1. The molecule has 1 heterocycles. The molecule has 0 spiro atoms. The number of thioether (sulfide) groups is 1. The van der Waals surface area contributed by atoms with Crippen LogP contribution in [0, 0.1) is 0 Å². The Labute approximate surface area is 79.6 Å². The molecule has 0 aromatic carbocycles. The van der Waals surface area contributed by atoms with Gasteiger partial charge in [-0.1, -0.05) is 19.9 Å². The van der Waals surface area contributed by atoms with Gasteiger partial charge in [0.15, 0.2) is 0 Å². The van der Waals surface area contributed by atoms with Crippen LogP contribution < -0.4 is 5.73 Å². The minimum absolute atomic E-state index is 0.736. The Kier molecular flexibility index (Phi) is 19.6. The maximum Gasteiger partial charge on any atom is 0.0389 e. The maximum absolute atomic E-state index is 4.99. The minimum Gasteiger partial charge on any atom is -0.322 e. The Morgan fingerprint density at radius 2 is 1.58 bits per heavy atom. The van der Waals surface area contributed by atoms with Crippen LogP contribution in [0.4, 0.5) is 0 Å². The monoisotopic (exact) mass is 186 g/mol. The summed E-state index contributed by atoms with van der Waals surface area (Å²) in [5.74, 6) is 0.736. The smallest absolute Gasteiger partial charge is 0.0389 e. The van der Waals surface area contributed by atoms with Crippen LogP contribution in [0.5, 0.6) is 0 Å². The number of rotatable bonds is 1. The molecule has 0 aliphatic rings. The van der Waals surface area contributed by atoms with E-state index in [0.717, 1.165) is 5.88 Å². The molecule has 0 radical (unpaired) electrons. The first-order chi connectivity index (χ1) is 5.91. The largest absolute Gasteiger partial charge is 0.322 e. The van der Waals surface area contributed by atoms with Crippen LogP contribution in [0.2, 0.25) is 0 Å². The summed E-state index contributed by atoms with van der Waals surface area (Å²) in [6, 6.07) is 5.72. The number of nitrogens with two attached hydrogens (primary N) is 1. The van der Waals surface area contributed by atoms with Gasteiger partial charge in [0.1, 0.15) is 0 Å². The molecular weight excluding hydrogens is 168 g/mol. The Balaban J connectivity index is 0. The fourth-order valence-electron chi connectivity index (χ4n) is 0.313. The van der Waals surface area contributed by atoms with Crippen LogP contribution >= 0.6 is 11.8 Å². The number of aromatic nitrogens is 1. The van der Waals surface area contributed by atoms with Gasteiger partial charge in [-0.15, -0.1) is 0 Å². The molecule has 0 amide bonds. The van der Waals surface area contributed by atoms with Gasteiger partial charge in [0.2, 0.25) is 0 Å². The summed E-state index contributed by atoms with van der Waals surface area (Å²) in [7, 11) is 0. The average Bonchev–Trinajstić information content (AvgIpc) is 2.24. The van der Waals surface area contributed by atoms with Gasteiger partial charge in [-0.05, 0) is 18.4 Å². The van der Waals surface area contributed by atoms with E-state index in [2.05, 4.69) is 4.98 Å². The molecule has 0 saturated heterocycles. The van der Waals surface area contributed by atoms with Crippen LogP contribution in [0.25, 0.3) is 0 Å². The predicted octanol–water partition coefficient (Wildman–Crippen LogP) is 2.37. The molecule has 0 unspecified atom stereocenters. The van der Waals surface area contributed by atoms with E-state index in [0.29, 0.717) is 0 Å².